The molecule has 1 N–H and O–H groups in total. The molecule has 0 aromatic heterocycles. The Balaban J connectivity index is 1.36. The number of carbonyl (C=O) groups excluding carboxylic acids is 1. The molecule has 2 saturated heterocycles. The van der Waals surface area contributed by atoms with Crippen LogP contribution in [0.15, 0.2) is 42.5 Å². The highest BCUT2D eigenvalue weighted by Crippen LogP contribution is 2.34. The van der Waals surface area contributed by atoms with Crippen LogP contribution in [0.4, 0.5) is 17.6 Å². The number of carbonyl (C=O) groups is 1. The number of benzene rings is 2. The topological polar surface area (TPSA) is 43.8 Å². The summed E-state index contributed by atoms with van der Waals surface area (Å²) in [6.07, 6.45) is -2.74. The fourth-order valence-corrected chi connectivity index (χ4v) is 4.55. The van der Waals surface area contributed by atoms with Gasteiger partial charge in [-0.15, -0.1) is 0 Å². The summed E-state index contributed by atoms with van der Waals surface area (Å²) >= 11 is 0. The van der Waals surface area contributed by atoms with Gasteiger partial charge in [-0.25, -0.2) is 17.6 Å². The van der Waals surface area contributed by atoms with Crippen LogP contribution in [0.1, 0.15) is 41.9 Å². The third-order valence-electron chi connectivity index (χ3n) is 6.29. The molecule has 2 aliphatic rings. The Kier molecular flexibility index (Phi) is 6.18. The Hall–Kier alpha value is -2.61. The van der Waals surface area contributed by atoms with Crippen LogP contribution in [-0.2, 0) is 11.3 Å². The van der Waals surface area contributed by atoms with Crippen LogP contribution in [0, 0.1) is 5.82 Å². The van der Waals surface area contributed by atoms with Crippen LogP contribution in [0.2, 0.25) is 0 Å². The number of piperidine rings is 1. The maximum Gasteiger partial charge on any atom is 0.263 e. The summed E-state index contributed by atoms with van der Waals surface area (Å²) in [5.74, 6) is -1.79. The van der Waals surface area contributed by atoms with Gasteiger partial charge < -0.3 is 10.0 Å². The van der Waals surface area contributed by atoms with Crippen LogP contribution >= 0.6 is 0 Å². The van der Waals surface area contributed by atoms with Crippen LogP contribution < -0.4 is 0 Å². The van der Waals surface area contributed by atoms with Crippen molar-refractivity contribution in [3.8, 4) is 5.75 Å². The Morgan fingerprint density at radius 3 is 2.45 bits per heavy atom. The van der Waals surface area contributed by atoms with Crippen molar-refractivity contribution in [2.75, 3.05) is 19.6 Å². The molecule has 0 bridgehead atoms. The molecule has 0 saturated carbocycles. The first-order valence-electron chi connectivity index (χ1n) is 10.4. The predicted molar refractivity (Wildman–Crippen MR) is 107 cm³/mol. The number of phenols is 1. The number of alkyl halides is 3. The van der Waals surface area contributed by atoms with Crippen molar-refractivity contribution in [2.24, 2.45) is 0 Å². The Labute approximate surface area is 178 Å². The zero-order valence-electron chi connectivity index (χ0n) is 16.9. The third kappa shape index (κ3) is 4.54. The SMILES string of the molecule is O=C1[C@H](N2CC[C@@H](c3ccc(O)c(F)c3)[C@H](F)C2)CCN1Cc1ccc(C(F)F)cc1. The van der Waals surface area contributed by atoms with E-state index in [1.165, 1.54) is 30.3 Å². The number of halogens is 4. The van der Waals surface area contributed by atoms with Gasteiger partial charge in [-0.3, -0.25) is 9.69 Å². The van der Waals surface area contributed by atoms with Gasteiger partial charge in [0.2, 0.25) is 5.91 Å². The second kappa shape index (κ2) is 8.86. The van der Waals surface area contributed by atoms with E-state index in [2.05, 4.69) is 0 Å². The highest BCUT2D eigenvalue weighted by atomic mass is 19.3. The van der Waals surface area contributed by atoms with Crippen molar-refractivity contribution in [2.45, 2.75) is 43.9 Å². The molecule has 2 heterocycles. The molecule has 0 spiro atoms. The molecule has 4 rings (SSSR count). The molecular formula is C23H24F4N2O2. The third-order valence-corrected chi connectivity index (χ3v) is 6.29. The van der Waals surface area contributed by atoms with E-state index in [0.717, 1.165) is 5.56 Å². The van der Waals surface area contributed by atoms with Crippen molar-refractivity contribution < 1.29 is 27.5 Å². The number of phenolic OH excluding ortho intramolecular Hbond substituents is 1. The van der Waals surface area contributed by atoms with Crippen LogP contribution in [-0.4, -0.2) is 52.7 Å². The highest BCUT2D eigenvalue weighted by Gasteiger charge is 2.40. The van der Waals surface area contributed by atoms with E-state index in [0.29, 0.717) is 38.0 Å². The Bertz CT molecular complexity index is 938. The summed E-state index contributed by atoms with van der Waals surface area (Å²) in [5.41, 5.74) is 1.23. The predicted octanol–water partition coefficient (Wildman–Crippen LogP) is 4.40. The molecule has 2 fully saturated rings. The first kappa shape index (κ1) is 21.6. The minimum absolute atomic E-state index is 0.0558. The smallest absolute Gasteiger partial charge is 0.263 e. The summed E-state index contributed by atoms with van der Waals surface area (Å²) in [5, 5.41) is 9.34. The molecular weight excluding hydrogens is 412 g/mol. The molecule has 8 heteroatoms. The molecule has 1 amide bonds. The number of aromatic hydroxyl groups is 1. The quantitative estimate of drug-likeness (QED) is 0.707. The maximum atomic E-state index is 14.9. The van der Waals surface area contributed by atoms with Gasteiger partial charge >= 0.3 is 0 Å². The lowest BCUT2D eigenvalue weighted by atomic mass is 9.87. The van der Waals surface area contributed by atoms with E-state index < -0.39 is 36.1 Å². The summed E-state index contributed by atoms with van der Waals surface area (Å²) < 4.78 is 54.0. The number of hydrogen-bond donors (Lipinski definition) is 1. The van der Waals surface area contributed by atoms with Crippen molar-refractivity contribution in [3.05, 3.63) is 65.0 Å². The van der Waals surface area contributed by atoms with Crippen LogP contribution in [0.3, 0.4) is 0 Å². The second-order valence-corrected chi connectivity index (χ2v) is 8.22. The molecule has 2 aromatic rings. The molecule has 3 atom stereocenters. The van der Waals surface area contributed by atoms with Crippen molar-refractivity contribution >= 4 is 5.91 Å². The van der Waals surface area contributed by atoms with E-state index in [1.807, 2.05) is 4.90 Å². The maximum absolute atomic E-state index is 14.9. The van der Waals surface area contributed by atoms with E-state index in [9.17, 15) is 27.5 Å². The van der Waals surface area contributed by atoms with Crippen LogP contribution in [0.5, 0.6) is 5.75 Å². The van der Waals surface area contributed by atoms with Gasteiger partial charge in [0.05, 0.1) is 6.04 Å². The minimum atomic E-state index is -2.53. The minimum Gasteiger partial charge on any atom is -0.505 e. The first-order valence-corrected chi connectivity index (χ1v) is 10.4. The monoisotopic (exact) mass is 436 g/mol. The number of likely N-dealkylation sites (tertiary alicyclic amines) is 2. The molecule has 2 aromatic carbocycles. The largest absolute Gasteiger partial charge is 0.505 e. The van der Waals surface area contributed by atoms with Gasteiger partial charge in [0.15, 0.2) is 11.6 Å². The van der Waals surface area contributed by atoms with E-state index in [-0.39, 0.29) is 18.0 Å². The zero-order chi connectivity index (χ0) is 22.1. The number of amides is 1. The fraction of sp³-hybridized carbons (Fsp3) is 0.435. The average Bonchev–Trinajstić information content (AvgIpc) is 3.10. The van der Waals surface area contributed by atoms with E-state index >= 15 is 0 Å². The Morgan fingerprint density at radius 2 is 1.81 bits per heavy atom. The van der Waals surface area contributed by atoms with Crippen molar-refractivity contribution in [3.63, 3.8) is 0 Å². The van der Waals surface area contributed by atoms with Crippen molar-refractivity contribution in [1.29, 1.82) is 0 Å². The zero-order valence-corrected chi connectivity index (χ0v) is 16.9. The summed E-state index contributed by atoms with van der Waals surface area (Å²) in [4.78, 5) is 16.4. The van der Waals surface area contributed by atoms with Crippen molar-refractivity contribution in [1.82, 2.24) is 9.80 Å². The summed E-state index contributed by atoms with van der Waals surface area (Å²) in [7, 11) is 0. The normalized spacial score (nSPS) is 24.9. The van der Waals surface area contributed by atoms with Gasteiger partial charge in [0.25, 0.3) is 6.43 Å². The molecule has 2 aliphatic heterocycles. The highest BCUT2D eigenvalue weighted by molar-refractivity contribution is 5.84. The molecule has 166 valence electrons. The summed E-state index contributed by atoms with van der Waals surface area (Å²) in [6.45, 7) is 1.46. The molecule has 4 nitrogen and oxygen atoms in total. The van der Waals surface area contributed by atoms with Gasteiger partial charge in [0.1, 0.15) is 6.17 Å². The van der Waals surface area contributed by atoms with E-state index in [4.69, 9.17) is 0 Å². The second-order valence-electron chi connectivity index (χ2n) is 8.22. The number of rotatable bonds is 5. The Morgan fingerprint density at radius 1 is 1.06 bits per heavy atom. The van der Waals surface area contributed by atoms with Gasteiger partial charge in [0, 0.05) is 31.1 Å². The fourth-order valence-electron chi connectivity index (χ4n) is 4.55. The standard InChI is InChI=1S/C23H24F4N2O2/c24-18-11-16(5-6-21(18)30)17-7-9-28(13-19(17)25)20-8-10-29(23(20)31)12-14-1-3-15(4-2-14)22(26)27/h1-6,11,17,19-20,22,30H,7-10,12-13H2/t17-,19+,20+/m0/s1. The average molecular weight is 436 g/mol. The lowest BCUT2D eigenvalue weighted by molar-refractivity contribution is -0.133. The lowest BCUT2D eigenvalue weighted by Crippen LogP contribution is -2.49. The molecule has 0 unspecified atom stereocenters. The van der Waals surface area contributed by atoms with Gasteiger partial charge in [-0.1, -0.05) is 30.3 Å². The molecule has 0 aliphatic carbocycles. The lowest BCUT2D eigenvalue weighted by Gasteiger charge is -2.37. The van der Waals surface area contributed by atoms with Crippen LogP contribution in [0.25, 0.3) is 0 Å². The number of nitrogens with zero attached hydrogens (tertiary/aromatic N) is 2. The van der Waals surface area contributed by atoms with E-state index in [1.54, 1.807) is 17.0 Å². The number of hydrogen-bond acceptors (Lipinski definition) is 3. The van der Waals surface area contributed by atoms with Gasteiger partial charge in [-0.05, 0) is 42.6 Å². The first-order chi connectivity index (χ1) is 14.8. The summed E-state index contributed by atoms with van der Waals surface area (Å²) in [6, 6.07) is 9.46. The molecule has 31 heavy (non-hydrogen) atoms. The molecule has 0 radical (unpaired) electrons. The van der Waals surface area contributed by atoms with Gasteiger partial charge in [-0.2, -0.15) is 0 Å².